The maximum absolute atomic E-state index is 3.52. The second-order valence-corrected chi connectivity index (χ2v) is 7.75. The minimum Gasteiger partial charge on any atom is -0.314 e. The van der Waals surface area contributed by atoms with Gasteiger partial charge in [-0.3, -0.25) is 4.90 Å². The van der Waals surface area contributed by atoms with Crippen LogP contribution in [0.2, 0.25) is 0 Å². The molecule has 0 aliphatic rings. The van der Waals surface area contributed by atoms with Gasteiger partial charge in [0.1, 0.15) is 0 Å². The summed E-state index contributed by atoms with van der Waals surface area (Å²) in [6.45, 7) is 11.1. The normalized spacial score (nSPS) is 15.3. The van der Waals surface area contributed by atoms with Crippen LogP contribution in [0.25, 0.3) is 0 Å². The summed E-state index contributed by atoms with van der Waals surface area (Å²) in [5, 5.41) is 5.74. The molecule has 0 fully saturated rings. The van der Waals surface area contributed by atoms with Crippen molar-refractivity contribution in [2.45, 2.75) is 46.3 Å². The Hall–Kier alpha value is 0.100. The Labute approximate surface area is 124 Å². The highest BCUT2D eigenvalue weighted by molar-refractivity contribution is 9.11. The molecule has 1 aromatic heterocycles. The average Bonchev–Trinajstić information content (AvgIpc) is 2.70. The Balaban J connectivity index is 2.42. The van der Waals surface area contributed by atoms with E-state index in [2.05, 4.69) is 72.3 Å². The van der Waals surface area contributed by atoms with Gasteiger partial charge in [-0.15, -0.1) is 11.3 Å². The van der Waals surface area contributed by atoms with Gasteiger partial charge in [0.25, 0.3) is 0 Å². The van der Waals surface area contributed by atoms with Crippen LogP contribution in [0.3, 0.4) is 0 Å². The summed E-state index contributed by atoms with van der Waals surface area (Å²) in [5.74, 6) is 0.652. The van der Waals surface area contributed by atoms with Gasteiger partial charge >= 0.3 is 0 Å². The van der Waals surface area contributed by atoms with Crippen LogP contribution in [0.15, 0.2) is 15.2 Å². The monoisotopic (exact) mass is 332 g/mol. The molecule has 0 amide bonds. The highest BCUT2D eigenvalue weighted by atomic mass is 79.9. The Morgan fingerprint density at radius 1 is 1.33 bits per heavy atom. The molecule has 0 radical (unpaired) electrons. The van der Waals surface area contributed by atoms with Crippen molar-refractivity contribution in [1.29, 1.82) is 0 Å². The first-order chi connectivity index (χ1) is 8.40. The molecule has 0 aromatic carbocycles. The second kappa shape index (κ2) is 7.63. The minimum absolute atomic E-state index is 0.567. The van der Waals surface area contributed by atoms with Gasteiger partial charge in [-0.1, -0.05) is 20.8 Å². The van der Waals surface area contributed by atoms with Crippen LogP contribution in [0.4, 0.5) is 0 Å². The summed E-state index contributed by atoms with van der Waals surface area (Å²) in [7, 11) is 2.21. The van der Waals surface area contributed by atoms with Crippen LogP contribution >= 0.6 is 27.3 Å². The number of thiophene rings is 1. The van der Waals surface area contributed by atoms with E-state index in [0.717, 1.165) is 13.1 Å². The number of hydrogen-bond donors (Lipinski definition) is 1. The van der Waals surface area contributed by atoms with Crippen molar-refractivity contribution in [3.05, 3.63) is 20.8 Å². The minimum atomic E-state index is 0.567. The molecule has 1 heterocycles. The standard InChI is InChI=1S/C14H25BrN2S/c1-10(2)16-7-11(3)12(4)17(5)8-13-6-14(15)18-9-13/h6,9-12,16H,7-8H2,1-5H3. The van der Waals surface area contributed by atoms with Crippen molar-refractivity contribution in [2.75, 3.05) is 13.6 Å². The fourth-order valence-corrected chi connectivity index (χ4v) is 3.09. The average molecular weight is 333 g/mol. The van der Waals surface area contributed by atoms with Gasteiger partial charge < -0.3 is 5.32 Å². The van der Waals surface area contributed by atoms with Crippen molar-refractivity contribution in [1.82, 2.24) is 10.2 Å². The molecule has 1 rings (SSSR count). The van der Waals surface area contributed by atoms with Crippen LogP contribution in [-0.2, 0) is 6.54 Å². The predicted molar refractivity (Wildman–Crippen MR) is 85.3 cm³/mol. The molecule has 2 unspecified atom stereocenters. The van der Waals surface area contributed by atoms with Gasteiger partial charge in [0, 0.05) is 18.6 Å². The second-order valence-electron chi connectivity index (χ2n) is 5.46. The van der Waals surface area contributed by atoms with E-state index >= 15 is 0 Å². The molecule has 0 saturated heterocycles. The number of halogens is 1. The molecule has 2 atom stereocenters. The summed E-state index contributed by atoms with van der Waals surface area (Å²) in [4.78, 5) is 2.43. The molecule has 0 aliphatic heterocycles. The highest BCUT2D eigenvalue weighted by Gasteiger charge is 2.17. The molecule has 2 nitrogen and oxygen atoms in total. The van der Waals surface area contributed by atoms with E-state index in [1.54, 1.807) is 11.3 Å². The Morgan fingerprint density at radius 2 is 2.00 bits per heavy atom. The van der Waals surface area contributed by atoms with Crippen LogP contribution in [0, 0.1) is 5.92 Å². The lowest BCUT2D eigenvalue weighted by molar-refractivity contribution is 0.187. The van der Waals surface area contributed by atoms with E-state index in [-0.39, 0.29) is 0 Å². The molecular formula is C14H25BrN2S. The first kappa shape index (κ1) is 16.2. The van der Waals surface area contributed by atoms with Crippen LogP contribution in [-0.4, -0.2) is 30.6 Å². The van der Waals surface area contributed by atoms with Crippen molar-refractivity contribution < 1.29 is 0 Å². The topological polar surface area (TPSA) is 15.3 Å². The lowest BCUT2D eigenvalue weighted by Gasteiger charge is -2.30. The molecule has 0 spiro atoms. The molecule has 1 aromatic rings. The zero-order chi connectivity index (χ0) is 13.7. The van der Waals surface area contributed by atoms with Crippen molar-refractivity contribution >= 4 is 27.3 Å². The largest absolute Gasteiger partial charge is 0.314 e. The van der Waals surface area contributed by atoms with E-state index in [0.29, 0.717) is 18.0 Å². The quantitative estimate of drug-likeness (QED) is 0.812. The summed E-state index contributed by atoms with van der Waals surface area (Å²) < 4.78 is 1.22. The third-order valence-electron chi connectivity index (χ3n) is 3.42. The Morgan fingerprint density at radius 3 is 2.50 bits per heavy atom. The molecule has 0 saturated carbocycles. The Bertz CT molecular complexity index is 351. The van der Waals surface area contributed by atoms with E-state index in [4.69, 9.17) is 0 Å². The van der Waals surface area contributed by atoms with Gasteiger partial charge in [-0.25, -0.2) is 0 Å². The van der Waals surface area contributed by atoms with E-state index in [9.17, 15) is 0 Å². The fourth-order valence-electron chi connectivity index (χ4n) is 1.89. The number of nitrogens with one attached hydrogen (secondary N) is 1. The summed E-state index contributed by atoms with van der Waals surface area (Å²) in [6.07, 6.45) is 0. The van der Waals surface area contributed by atoms with E-state index < -0.39 is 0 Å². The SMILES string of the molecule is CC(C)NCC(C)C(C)N(C)Cc1csc(Br)c1. The first-order valence-corrected chi connectivity index (χ1v) is 8.24. The van der Waals surface area contributed by atoms with Crippen LogP contribution in [0.1, 0.15) is 33.3 Å². The zero-order valence-electron chi connectivity index (χ0n) is 12.0. The van der Waals surface area contributed by atoms with Crippen molar-refractivity contribution in [3.8, 4) is 0 Å². The maximum Gasteiger partial charge on any atom is 0.0701 e. The number of rotatable bonds is 7. The summed E-state index contributed by atoms with van der Waals surface area (Å²) in [6, 6.07) is 3.36. The first-order valence-electron chi connectivity index (χ1n) is 6.56. The van der Waals surface area contributed by atoms with Crippen LogP contribution < -0.4 is 5.32 Å². The highest BCUT2D eigenvalue weighted by Crippen LogP contribution is 2.22. The molecule has 0 aliphatic carbocycles. The fraction of sp³-hybridized carbons (Fsp3) is 0.714. The third kappa shape index (κ3) is 5.39. The predicted octanol–water partition coefficient (Wildman–Crippen LogP) is 3.97. The van der Waals surface area contributed by atoms with Crippen molar-refractivity contribution in [2.24, 2.45) is 5.92 Å². The number of nitrogens with zero attached hydrogens (tertiary/aromatic N) is 1. The maximum atomic E-state index is 3.52. The van der Waals surface area contributed by atoms with Gasteiger partial charge in [-0.05, 0) is 59.4 Å². The molecule has 4 heteroatoms. The zero-order valence-corrected chi connectivity index (χ0v) is 14.4. The van der Waals surface area contributed by atoms with Gasteiger partial charge in [0.15, 0.2) is 0 Å². The van der Waals surface area contributed by atoms with E-state index in [1.807, 2.05) is 0 Å². The summed E-state index contributed by atoms with van der Waals surface area (Å²) in [5.41, 5.74) is 1.39. The Kier molecular flexibility index (Phi) is 6.85. The molecule has 104 valence electrons. The lowest BCUT2D eigenvalue weighted by atomic mass is 10.0. The smallest absolute Gasteiger partial charge is 0.0701 e. The van der Waals surface area contributed by atoms with Gasteiger partial charge in [0.2, 0.25) is 0 Å². The van der Waals surface area contributed by atoms with Gasteiger partial charge in [0.05, 0.1) is 3.79 Å². The molecule has 18 heavy (non-hydrogen) atoms. The van der Waals surface area contributed by atoms with E-state index in [1.165, 1.54) is 9.35 Å². The third-order valence-corrected chi connectivity index (χ3v) is 4.97. The molecular weight excluding hydrogens is 308 g/mol. The number of hydrogen-bond acceptors (Lipinski definition) is 3. The summed E-state index contributed by atoms with van der Waals surface area (Å²) >= 11 is 5.28. The van der Waals surface area contributed by atoms with Gasteiger partial charge in [-0.2, -0.15) is 0 Å². The molecule has 1 N–H and O–H groups in total. The van der Waals surface area contributed by atoms with Crippen molar-refractivity contribution in [3.63, 3.8) is 0 Å². The van der Waals surface area contributed by atoms with Crippen LogP contribution in [0.5, 0.6) is 0 Å². The molecule has 0 bridgehead atoms. The lowest BCUT2D eigenvalue weighted by Crippen LogP contribution is -2.40.